The number of aromatic nitrogens is 2. The number of thioether (sulfide) groups is 1. The standard InChI is InChI=1S/C17H12F4N4OS2/c18-10-4-3-5-11(8-10)22-15-24-25-16(28-15)27-9-14(26)23-13-7-2-1-6-12(13)17(19,20)21/h1-8H,9H2,(H,22,24)(H,23,26). The second kappa shape index (κ2) is 8.57. The van der Waals surface area contributed by atoms with Crippen molar-refractivity contribution in [1.29, 1.82) is 0 Å². The molecule has 5 nitrogen and oxygen atoms in total. The number of benzene rings is 2. The number of rotatable bonds is 6. The number of anilines is 3. The third kappa shape index (κ3) is 5.42. The van der Waals surface area contributed by atoms with E-state index in [1.165, 1.54) is 36.4 Å². The van der Waals surface area contributed by atoms with Crippen molar-refractivity contribution >= 4 is 45.5 Å². The van der Waals surface area contributed by atoms with Gasteiger partial charge in [-0.05, 0) is 30.3 Å². The highest BCUT2D eigenvalue weighted by Crippen LogP contribution is 2.35. The summed E-state index contributed by atoms with van der Waals surface area (Å²) >= 11 is 2.17. The molecule has 0 aliphatic carbocycles. The number of carbonyl (C=O) groups is 1. The van der Waals surface area contributed by atoms with Gasteiger partial charge in [0, 0.05) is 5.69 Å². The number of alkyl halides is 3. The van der Waals surface area contributed by atoms with Crippen LogP contribution in [0.4, 0.5) is 34.1 Å². The number of hydrogen-bond donors (Lipinski definition) is 2. The zero-order valence-electron chi connectivity index (χ0n) is 14.0. The summed E-state index contributed by atoms with van der Waals surface area (Å²) in [6, 6.07) is 10.5. The number of nitrogens with one attached hydrogen (secondary N) is 2. The van der Waals surface area contributed by atoms with E-state index < -0.39 is 23.5 Å². The molecule has 0 aliphatic heterocycles. The Morgan fingerprint density at radius 1 is 1.11 bits per heavy atom. The second-order valence-corrected chi connectivity index (χ2v) is 7.59. The van der Waals surface area contributed by atoms with Crippen LogP contribution in [0.5, 0.6) is 0 Å². The molecule has 1 heterocycles. The highest BCUT2D eigenvalue weighted by Gasteiger charge is 2.33. The fraction of sp³-hybridized carbons (Fsp3) is 0.118. The Morgan fingerprint density at radius 3 is 2.64 bits per heavy atom. The van der Waals surface area contributed by atoms with E-state index in [0.717, 1.165) is 29.2 Å². The summed E-state index contributed by atoms with van der Waals surface area (Å²) in [4.78, 5) is 12.0. The van der Waals surface area contributed by atoms with Crippen LogP contribution in [0.15, 0.2) is 52.9 Å². The lowest BCUT2D eigenvalue weighted by atomic mass is 10.1. The first-order chi connectivity index (χ1) is 13.3. The summed E-state index contributed by atoms with van der Waals surface area (Å²) in [7, 11) is 0. The number of para-hydroxylation sites is 1. The third-order valence-corrected chi connectivity index (χ3v) is 5.29. The van der Waals surface area contributed by atoms with E-state index >= 15 is 0 Å². The van der Waals surface area contributed by atoms with Gasteiger partial charge in [0.15, 0.2) is 4.34 Å². The van der Waals surface area contributed by atoms with E-state index in [9.17, 15) is 22.4 Å². The molecular weight excluding hydrogens is 416 g/mol. The Balaban J connectivity index is 1.57. The van der Waals surface area contributed by atoms with Gasteiger partial charge in [0.2, 0.25) is 11.0 Å². The molecule has 0 saturated heterocycles. The van der Waals surface area contributed by atoms with E-state index in [1.807, 2.05) is 0 Å². The van der Waals surface area contributed by atoms with E-state index in [0.29, 0.717) is 15.2 Å². The largest absolute Gasteiger partial charge is 0.418 e. The van der Waals surface area contributed by atoms with Crippen LogP contribution in [-0.2, 0) is 11.0 Å². The molecule has 0 spiro atoms. The molecule has 0 saturated carbocycles. The van der Waals surface area contributed by atoms with Crippen molar-refractivity contribution in [2.24, 2.45) is 0 Å². The smallest absolute Gasteiger partial charge is 0.330 e. The number of carbonyl (C=O) groups excluding carboxylic acids is 1. The van der Waals surface area contributed by atoms with Crippen LogP contribution < -0.4 is 10.6 Å². The van der Waals surface area contributed by atoms with Crippen LogP contribution in [0.2, 0.25) is 0 Å². The Labute approximate surface area is 165 Å². The summed E-state index contributed by atoms with van der Waals surface area (Å²) in [6.07, 6.45) is -4.56. The lowest BCUT2D eigenvalue weighted by molar-refractivity contribution is -0.137. The molecule has 1 amide bonds. The lowest BCUT2D eigenvalue weighted by Gasteiger charge is -2.13. The zero-order valence-corrected chi connectivity index (χ0v) is 15.6. The van der Waals surface area contributed by atoms with Gasteiger partial charge in [-0.15, -0.1) is 10.2 Å². The summed E-state index contributed by atoms with van der Waals surface area (Å²) in [5.41, 5.74) is -0.716. The molecule has 146 valence electrons. The number of nitrogens with zero attached hydrogens (tertiary/aromatic N) is 2. The lowest BCUT2D eigenvalue weighted by Crippen LogP contribution is -2.18. The molecule has 11 heteroatoms. The maximum absolute atomic E-state index is 13.2. The predicted octanol–water partition coefficient (Wildman–Crippen LogP) is 5.17. The first-order valence-electron chi connectivity index (χ1n) is 7.76. The molecule has 0 fully saturated rings. The minimum Gasteiger partial charge on any atom is -0.330 e. The summed E-state index contributed by atoms with van der Waals surface area (Å²) in [6.45, 7) is 0. The van der Waals surface area contributed by atoms with Gasteiger partial charge in [-0.3, -0.25) is 4.79 Å². The first-order valence-corrected chi connectivity index (χ1v) is 9.56. The molecule has 0 unspecified atom stereocenters. The number of hydrogen-bond acceptors (Lipinski definition) is 6. The SMILES string of the molecule is O=C(CSc1nnc(Nc2cccc(F)c2)s1)Nc1ccccc1C(F)(F)F. The maximum atomic E-state index is 13.2. The van der Waals surface area contributed by atoms with E-state index in [4.69, 9.17) is 0 Å². The molecule has 0 bridgehead atoms. The molecule has 3 rings (SSSR count). The van der Waals surface area contributed by atoms with Crippen LogP contribution >= 0.6 is 23.1 Å². The molecule has 0 aliphatic rings. The van der Waals surface area contributed by atoms with E-state index in [1.54, 1.807) is 6.07 Å². The Bertz CT molecular complexity index is 978. The Morgan fingerprint density at radius 2 is 1.89 bits per heavy atom. The molecular formula is C17H12F4N4OS2. The van der Waals surface area contributed by atoms with Crippen LogP contribution in [0.1, 0.15) is 5.56 Å². The zero-order chi connectivity index (χ0) is 20.1. The Hall–Kier alpha value is -2.66. The van der Waals surface area contributed by atoms with Gasteiger partial charge in [-0.2, -0.15) is 13.2 Å². The molecule has 1 aromatic heterocycles. The van der Waals surface area contributed by atoms with E-state index in [-0.39, 0.29) is 11.4 Å². The van der Waals surface area contributed by atoms with Gasteiger partial charge in [0.25, 0.3) is 0 Å². The fourth-order valence-corrected chi connectivity index (χ4v) is 3.73. The summed E-state index contributed by atoms with van der Waals surface area (Å²) < 4.78 is 52.5. The minimum atomic E-state index is -4.56. The highest BCUT2D eigenvalue weighted by atomic mass is 32.2. The summed E-state index contributed by atoms with van der Waals surface area (Å²) in [5.74, 6) is -1.14. The van der Waals surface area contributed by atoms with E-state index in [2.05, 4.69) is 20.8 Å². The van der Waals surface area contributed by atoms with Gasteiger partial charge in [0.05, 0.1) is 17.0 Å². The van der Waals surface area contributed by atoms with Crippen molar-refractivity contribution < 1.29 is 22.4 Å². The third-order valence-electron chi connectivity index (χ3n) is 3.32. The second-order valence-electron chi connectivity index (χ2n) is 5.39. The van der Waals surface area contributed by atoms with Crippen LogP contribution in [0.25, 0.3) is 0 Å². The van der Waals surface area contributed by atoms with Gasteiger partial charge < -0.3 is 10.6 Å². The van der Waals surface area contributed by atoms with Crippen LogP contribution in [-0.4, -0.2) is 21.9 Å². The molecule has 28 heavy (non-hydrogen) atoms. The predicted molar refractivity (Wildman–Crippen MR) is 100 cm³/mol. The van der Waals surface area contributed by atoms with Crippen molar-refractivity contribution in [2.75, 3.05) is 16.4 Å². The van der Waals surface area contributed by atoms with Crippen molar-refractivity contribution in [1.82, 2.24) is 10.2 Å². The van der Waals surface area contributed by atoms with Gasteiger partial charge >= 0.3 is 6.18 Å². The topological polar surface area (TPSA) is 66.9 Å². The Kier molecular flexibility index (Phi) is 6.15. The first kappa shape index (κ1) is 20.1. The van der Waals surface area contributed by atoms with Crippen molar-refractivity contribution in [3.05, 3.63) is 59.9 Å². The normalized spacial score (nSPS) is 11.3. The van der Waals surface area contributed by atoms with Crippen molar-refractivity contribution in [3.63, 3.8) is 0 Å². The average Bonchev–Trinajstić information content (AvgIpc) is 3.07. The van der Waals surface area contributed by atoms with Gasteiger partial charge in [0.1, 0.15) is 5.82 Å². The molecule has 0 atom stereocenters. The quantitative estimate of drug-likeness (QED) is 0.419. The number of amides is 1. The van der Waals surface area contributed by atoms with Gasteiger partial charge in [-0.1, -0.05) is 41.3 Å². The van der Waals surface area contributed by atoms with Crippen LogP contribution in [0, 0.1) is 5.82 Å². The maximum Gasteiger partial charge on any atom is 0.418 e. The summed E-state index contributed by atoms with van der Waals surface area (Å²) in [5, 5.41) is 13.3. The molecule has 3 aromatic rings. The number of halogens is 4. The van der Waals surface area contributed by atoms with Crippen molar-refractivity contribution in [3.8, 4) is 0 Å². The monoisotopic (exact) mass is 428 g/mol. The van der Waals surface area contributed by atoms with Crippen molar-refractivity contribution in [2.45, 2.75) is 10.5 Å². The van der Waals surface area contributed by atoms with Gasteiger partial charge in [-0.25, -0.2) is 4.39 Å². The molecule has 2 N–H and O–H groups in total. The fourth-order valence-electron chi connectivity index (χ4n) is 2.16. The van der Waals surface area contributed by atoms with Crippen LogP contribution in [0.3, 0.4) is 0 Å². The highest BCUT2D eigenvalue weighted by molar-refractivity contribution is 8.01. The minimum absolute atomic E-state index is 0.138. The average molecular weight is 428 g/mol. The molecule has 2 aromatic carbocycles. The molecule has 0 radical (unpaired) electrons.